The summed E-state index contributed by atoms with van der Waals surface area (Å²) in [6.07, 6.45) is 0. The lowest BCUT2D eigenvalue weighted by Crippen LogP contribution is -2.25. The van der Waals surface area contributed by atoms with Gasteiger partial charge in [0.2, 0.25) is 0 Å². The van der Waals surface area contributed by atoms with E-state index in [1.165, 1.54) is 12.1 Å². The van der Waals surface area contributed by atoms with Gasteiger partial charge in [0.1, 0.15) is 5.75 Å². The Hall–Kier alpha value is -3.02. The van der Waals surface area contributed by atoms with Gasteiger partial charge in [-0.1, -0.05) is 0 Å². The first-order valence-corrected chi connectivity index (χ1v) is 6.74. The van der Waals surface area contributed by atoms with Gasteiger partial charge < -0.3 is 21.5 Å². The molecule has 3 rings (SSSR count). The molecule has 0 fully saturated rings. The highest BCUT2D eigenvalue weighted by Gasteiger charge is 2.36. The largest absolute Gasteiger partial charge is 0.507 e. The van der Waals surface area contributed by atoms with E-state index in [4.69, 9.17) is 5.73 Å². The summed E-state index contributed by atoms with van der Waals surface area (Å²) >= 11 is 0. The van der Waals surface area contributed by atoms with Crippen molar-refractivity contribution in [2.75, 3.05) is 30.5 Å². The minimum absolute atomic E-state index is 0.0396. The van der Waals surface area contributed by atoms with Gasteiger partial charge in [-0.2, -0.15) is 0 Å². The molecular formula is C16H15N3O3. The molecule has 1 aliphatic carbocycles. The van der Waals surface area contributed by atoms with Gasteiger partial charge >= 0.3 is 0 Å². The summed E-state index contributed by atoms with van der Waals surface area (Å²) in [7, 11) is 3.34. The molecule has 0 atom stereocenters. The van der Waals surface area contributed by atoms with Gasteiger partial charge in [-0.05, 0) is 24.3 Å². The Bertz CT molecular complexity index is 760. The highest BCUT2D eigenvalue weighted by atomic mass is 16.3. The molecule has 6 heteroatoms. The monoisotopic (exact) mass is 297 g/mol. The van der Waals surface area contributed by atoms with Crippen molar-refractivity contribution in [3.05, 3.63) is 46.5 Å². The molecule has 0 heterocycles. The first-order valence-electron chi connectivity index (χ1n) is 6.74. The molecule has 0 aliphatic heterocycles. The SMILES string of the molecule is CNc1ccc(NC)c2c1C(=O)c1c(N)ccc(O)c1C2=O. The van der Waals surface area contributed by atoms with Crippen LogP contribution in [0.4, 0.5) is 17.1 Å². The predicted octanol–water partition coefficient (Wildman–Crippen LogP) is 1.83. The van der Waals surface area contributed by atoms with Crippen molar-refractivity contribution in [3.8, 4) is 5.75 Å². The molecule has 0 amide bonds. The molecule has 2 aromatic carbocycles. The van der Waals surface area contributed by atoms with Crippen molar-refractivity contribution >= 4 is 28.6 Å². The van der Waals surface area contributed by atoms with Crippen LogP contribution in [-0.4, -0.2) is 30.8 Å². The van der Waals surface area contributed by atoms with Crippen LogP contribution in [0.2, 0.25) is 0 Å². The fraction of sp³-hybridized carbons (Fsp3) is 0.125. The zero-order valence-electron chi connectivity index (χ0n) is 12.2. The highest BCUT2D eigenvalue weighted by molar-refractivity contribution is 6.34. The van der Waals surface area contributed by atoms with Crippen LogP contribution in [0, 0.1) is 0 Å². The third kappa shape index (κ3) is 1.67. The average molecular weight is 297 g/mol. The highest BCUT2D eigenvalue weighted by Crippen LogP contribution is 2.40. The normalized spacial score (nSPS) is 12.6. The van der Waals surface area contributed by atoms with Crippen molar-refractivity contribution in [1.29, 1.82) is 0 Å². The second-order valence-electron chi connectivity index (χ2n) is 4.99. The maximum Gasteiger partial charge on any atom is 0.200 e. The Morgan fingerprint density at radius 2 is 1.32 bits per heavy atom. The lowest BCUT2D eigenvalue weighted by Gasteiger charge is -2.24. The number of fused-ring (bicyclic) bond motifs is 2. The number of ketones is 2. The first-order chi connectivity index (χ1) is 10.5. The van der Waals surface area contributed by atoms with E-state index in [2.05, 4.69) is 10.6 Å². The van der Waals surface area contributed by atoms with Crippen molar-refractivity contribution < 1.29 is 14.7 Å². The second kappa shape index (κ2) is 4.77. The van der Waals surface area contributed by atoms with Crippen LogP contribution in [0.5, 0.6) is 5.75 Å². The molecular weight excluding hydrogens is 282 g/mol. The maximum atomic E-state index is 12.9. The van der Waals surface area contributed by atoms with Gasteiger partial charge in [-0.25, -0.2) is 0 Å². The molecule has 2 aromatic rings. The molecule has 0 aromatic heterocycles. The molecule has 6 nitrogen and oxygen atoms in total. The number of benzene rings is 2. The van der Waals surface area contributed by atoms with E-state index in [0.717, 1.165) is 0 Å². The van der Waals surface area contributed by atoms with Gasteiger partial charge in [0.25, 0.3) is 0 Å². The summed E-state index contributed by atoms with van der Waals surface area (Å²) in [5, 5.41) is 15.8. The minimum Gasteiger partial charge on any atom is -0.507 e. The number of hydrogen-bond donors (Lipinski definition) is 4. The number of phenols is 1. The molecule has 22 heavy (non-hydrogen) atoms. The van der Waals surface area contributed by atoms with Crippen LogP contribution in [0.1, 0.15) is 31.8 Å². The molecule has 0 unspecified atom stereocenters. The molecule has 0 saturated heterocycles. The van der Waals surface area contributed by atoms with Gasteiger partial charge in [-0.3, -0.25) is 9.59 Å². The van der Waals surface area contributed by atoms with E-state index >= 15 is 0 Å². The number of nitrogens with two attached hydrogens (primary N) is 1. The number of nitrogen functional groups attached to an aromatic ring is 1. The number of rotatable bonds is 2. The molecule has 5 N–H and O–H groups in total. The van der Waals surface area contributed by atoms with E-state index in [1.807, 2.05) is 0 Å². The minimum atomic E-state index is -0.421. The zero-order valence-corrected chi connectivity index (χ0v) is 12.2. The number of nitrogens with one attached hydrogen (secondary N) is 2. The Labute approximate surface area is 126 Å². The van der Waals surface area contributed by atoms with Crippen LogP contribution < -0.4 is 16.4 Å². The molecule has 0 saturated carbocycles. The van der Waals surface area contributed by atoms with E-state index in [9.17, 15) is 14.7 Å². The maximum absolute atomic E-state index is 12.9. The van der Waals surface area contributed by atoms with Gasteiger partial charge in [-0.15, -0.1) is 0 Å². The lowest BCUT2D eigenvalue weighted by molar-refractivity contribution is 0.0978. The van der Waals surface area contributed by atoms with Crippen LogP contribution in [0.25, 0.3) is 0 Å². The van der Waals surface area contributed by atoms with E-state index < -0.39 is 5.78 Å². The lowest BCUT2D eigenvalue weighted by atomic mass is 9.81. The smallest absolute Gasteiger partial charge is 0.200 e. The van der Waals surface area contributed by atoms with Gasteiger partial charge in [0.05, 0.1) is 22.3 Å². The van der Waals surface area contributed by atoms with Gasteiger partial charge in [0, 0.05) is 31.2 Å². The number of carbonyl (C=O) groups is 2. The second-order valence-corrected chi connectivity index (χ2v) is 4.99. The standard InChI is InChI=1S/C16H15N3O3/c1-18-8-4-5-9(19-2)13-12(8)15(21)11-7(17)3-6-10(20)14(11)16(13)22/h3-6,18-20H,17H2,1-2H3. The third-order valence-corrected chi connectivity index (χ3v) is 3.87. The Morgan fingerprint density at radius 1 is 0.818 bits per heavy atom. The van der Waals surface area contributed by atoms with Crippen LogP contribution in [-0.2, 0) is 0 Å². The zero-order chi connectivity index (χ0) is 16.0. The number of anilines is 3. The fourth-order valence-corrected chi connectivity index (χ4v) is 2.82. The number of hydrogen-bond acceptors (Lipinski definition) is 6. The Kier molecular flexibility index (Phi) is 3.02. The summed E-state index contributed by atoms with van der Waals surface area (Å²) in [5.41, 5.74) is 7.64. The predicted molar refractivity (Wildman–Crippen MR) is 84.9 cm³/mol. The quantitative estimate of drug-likeness (QED) is 0.425. The molecule has 112 valence electrons. The van der Waals surface area contributed by atoms with E-state index in [-0.39, 0.29) is 39.5 Å². The average Bonchev–Trinajstić information content (AvgIpc) is 2.53. The van der Waals surface area contributed by atoms with Crippen molar-refractivity contribution in [1.82, 2.24) is 0 Å². The Balaban J connectivity index is 2.43. The van der Waals surface area contributed by atoms with Crippen LogP contribution in [0.15, 0.2) is 24.3 Å². The van der Waals surface area contributed by atoms with E-state index in [0.29, 0.717) is 11.4 Å². The van der Waals surface area contributed by atoms with Crippen molar-refractivity contribution in [3.63, 3.8) is 0 Å². The third-order valence-electron chi connectivity index (χ3n) is 3.87. The van der Waals surface area contributed by atoms with Crippen molar-refractivity contribution in [2.45, 2.75) is 0 Å². The molecule has 0 bridgehead atoms. The molecule has 0 spiro atoms. The summed E-state index contributed by atoms with van der Waals surface area (Å²) in [6, 6.07) is 6.18. The van der Waals surface area contributed by atoms with Crippen LogP contribution >= 0.6 is 0 Å². The van der Waals surface area contributed by atoms with Crippen molar-refractivity contribution in [2.24, 2.45) is 0 Å². The fourth-order valence-electron chi connectivity index (χ4n) is 2.82. The number of aromatic hydroxyl groups is 1. The van der Waals surface area contributed by atoms with E-state index in [1.54, 1.807) is 26.2 Å². The Morgan fingerprint density at radius 3 is 1.82 bits per heavy atom. The summed E-state index contributed by atoms with van der Waals surface area (Å²) in [5.74, 6) is -1.04. The summed E-state index contributed by atoms with van der Waals surface area (Å²) in [4.78, 5) is 25.7. The summed E-state index contributed by atoms with van der Waals surface area (Å²) < 4.78 is 0. The number of carbonyl (C=O) groups excluding carboxylic acids is 2. The molecule has 1 aliphatic rings. The van der Waals surface area contributed by atoms with Gasteiger partial charge in [0.15, 0.2) is 11.6 Å². The van der Waals surface area contributed by atoms with Crippen LogP contribution in [0.3, 0.4) is 0 Å². The first kappa shape index (κ1) is 13.9. The molecule has 0 radical (unpaired) electrons. The summed E-state index contributed by atoms with van der Waals surface area (Å²) in [6.45, 7) is 0. The number of phenolic OH excluding ortho intramolecular Hbond substituents is 1. The topological polar surface area (TPSA) is 104 Å².